The average molecular weight is 377 g/mol. The van der Waals surface area contributed by atoms with Gasteiger partial charge in [0.05, 0.1) is 12.8 Å². The van der Waals surface area contributed by atoms with Crippen molar-refractivity contribution in [1.82, 2.24) is 14.7 Å². The first-order valence-electron chi connectivity index (χ1n) is 8.83. The molecular formula is C19H25ClN4O2. The Kier molecular flexibility index (Phi) is 5.25. The molecule has 1 saturated carbocycles. The second-order valence-corrected chi connectivity index (χ2v) is 7.16. The predicted molar refractivity (Wildman–Crippen MR) is 102 cm³/mol. The number of hydrogen-bond acceptors (Lipinski definition) is 4. The van der Waals surface area contributed by atoms with E-state index in [0.717, 1.165) is 43.1 Å². The quantitative estimate of drug-likeness (QED) is 0.892. The summed E-state index contributed by atoms with van der Waals surface area (Å²) in [6, 6.07) is 9.75. The van der Waals surface area contributed by atoms with E-state index in [0.29, 0.717) is 17.5 Å². The fourth-order valence-electron chi connectivity index (χ4n) is 4.20. The molecule has 1 aromatic heterocycles. The van der Waals surface area contributed by atoms with E-state index in [1.807, 2.05) is 42.2 Å². The molecule has 0 spiro atoms. The topological polar surface area (TPSA) is 73.4 Å². The molecule has 2 fully saturated rings. The van der Waals surface area contributed by atoms with Crippen LogP contribution in [0.2, 0.25) is 0 Å². The number of rotatable bonds is 3. The highest BCUT2D eigenvalue weighted by Crippen LogP contribution is 2.37. The van der Waals surface area contributed by atoms with Crippen molar-refractivity contribution in [3.8, 4) is 11.4 Å². The van der Waals surface area contributed by atoms with E-state index in [1.165, 1.54) is 0 Å². The summed E-state index contributed by atoms with van der Waals surface area (Å²) < 4.78 is 6.99. The van der Waals surface area contributed by atoms with Crippen molar-refractivity contribution in [2.75, 3.05) is 20.2 Å². The molecule has 1 aromatic carbocycles. The van der Waals surface area contributed by atoms with Crippen molar-refractivity contribution in [3.05, 3.63) is 41.7 Å². The summed E-state index contributed by atoms with van der Waals surface area (Å²) >= 11 is 0. The Balaban J connectivity index is 0.00000196. The van der Waals surface area contributed by atoms with Gasteiger partial charge in [0.15, 0.2) is 5.69 Å². The molecule has 26 heavy (non-hydrogen) atoms. The van der Waals surface area contributed by atoms with E-state index in [-0.39, 0.29) is 24.4 Å². The lowest BCUT2D eigenvalue weighted by Crippen LogP contribution is -2.33. The number of fused-ring (bicyclic) bond motifs is 1. The molecule has 1 amide bonds. The van der Waals surface area contributed by atoms with Crippen molar-refractivity contribution >= 4 is 18.3 Å². The SMILES string of the molecule is COc1ccc(-n2nc(C(=O)N3CC4CCC(N)C4C3)cc2C)cc1.Cl. The number of amides is 1. The Morgan fingerprint density at radius 1 is 1.23 bits per heavy atom. The van der Waals surface area contributed by atoms with E-state index in [9.17, 15) is 4.79 Å². The minimum Gasteiger partial charge on any atom is -0.497 e. The molecule has 2 aromatic rings. The third-order valence-electron chi connectivity index (χ3n) is 5.62. The maximum absolute atomic E-state index is 12.9. The molecule has 0 bridgehead atoms. The maximum Gasteiger partial charge on any atom is 0.274 e. The highest BCUT2D eigenvalue weighted by atomic mass is 35.5. The number of ether oxygens (including phenoxy) is 1. The molecule has 0 radical (unpaired) electrons. The zero-order valence-electron chi connectivity index (χ0n) is 15.1. The Bertz CT molecular complexity index is 789. The first kappa shape index (κ1) is 18.7. The van der Waals surface area contributed by atoms with Crippen LogP contribution in [0.3, 0.4) is 0 Å². The Morgan fingerprint density at radius 2 is 1.96 bits per heavy atom. The zero-order valence-corrected chi connectivity index (χ0v) is 15.9. The number of benzene rings is 1. The molecule has 3 unspecified atom stereocenters. The average Bonchev–Trinajstić information content (AvgIpc) is 3.31. The van der Waals surface area contributed by atoms with Crippen LogP contribution in [0.15, 0.2) is 30.3 Å². The second kappa shape index (κ2) is 7.29. The van der Waals surface area contributed by atoms with Crippen LogP contribution in [0, 0.1) is 18.8 Å². The van der Waals surface area contributed by atoms with Gasteiger partial charge in [-0.2, -0.15) is 5.10 Å². The van der Waals surface area contributed by atoms with Gasteiger partial charge in [-0.15, -0.1) is 12.4 Å². The first-order chi connectivity index (χ1) is 12.1. The van der Waals surface area contributed by atoms with Crippen LogP contribution in [0.1, 0.15) is 29.0 Å². The van der Waals surface area contributed by atoms with E-state index in [4.69, 9.17) is 10.5 Å². The summed E-state index contributed by atoms with van der Waals surface area (Å²) in [5, 5.41) is 4.55. The van der Waals surface area contributed by atoms with E-state index in [1.54, 1.807) is 11.8 Å². The number of likely N-dealkylation sites (tertiary alicyclic amines) is 1. The van der Waals surface area contributed by atoms with E-state index in [2.05, 4.69) is 5.10 Å². The molecule has 2 aliphatic rings. The van der Waals surface area contributed by atoms with Crippen molar-refractivity contribution < 1.29 is 9.53 Å². The third kappa shape index (κ3) is 3.19. The number of nitrogens with two attached hydrogens (primary N) is 1. The maximum atomic E-state index is 12.9. The summed E-state index contributed by atoms with van der Waals surface area (Å²) in [7, 11) is 1.64. The molecule has 1 saturated heterocycles. The standard InChI is InChI=1S/C19H24N4O2.ClH/c1-12-9-18(21-23(12)14-4-6-15(25-2)7-5-14)19(24)22-10-13-3-8-17(20)16(13)11-22;/h4-7,9,13,16-17H,3,8,10-11,20H2,1-2H3;1H. The van der Waals surface area contributed by atoms with Crippen LogP contribution in [0.5, 0.6) is 5.75 Å². The highest BCUT2D eigenvalue weighted by molar-refractivity contribution is 5.92. The van der Waals surface area contributed by atoms with Crippen molar-refractivity contribution in [2.45, 2.75) is 25.8 Å². The third-order valence-corrected chi connectivity index (χ3v) is 5.62. The molecule has 2 heterocycles. The number of aromatic nitrogens is 2. The lowest BCUT2D eigenvalue weighted by atomic mass is 9.98. The van der Waals surface area contributed by atoms with Gasteiger partial charge in [-0.05, 0) is 61.9 Å². The van der Waals surface area contributed by atoms with Crippen molar-refractivity contribution in [2.24, 2.45) is 17.6 Å². The van der Waals surface area contributed by atoms with Gasteiger partial charge in [-0.25, -0.2) is 4.68 Å². The molecule has 7 heteroatoms. The normalized spacial score (nSPS) is 24.3. The highest BCUT2D eigenvalue weighted by Gasteiger charge is 2.43. The van der Waals surface area contributed by atoms with Crippen LogP contribution in [-0.2, 0) is 0 Å². The number of methoxy groups -OCH3 is 1. The van der Waals surface area contributed by atoms with Gasteiger partial charge in [0, 0.05) is 24.8 Å². The van der Waals surface area contributed by atoms with Gasteiger partial charge >= 0.3 is 0 Å². The van der Waals surface area contributed by atoms with Gasteiger partial charge in [-0.1, -0.05) is 0 Å². The lowest BCUT2D eigenvalue weighted by molar-refractivity contribution is 0.0773. The van der Waals surface area contributed by atoms with Gasteiger partial charge in [0.1, 0.15) is 5.75 Å². The molecule has 1 aliphatic carbocycles. The van der Waals surface area contributed by atoms with Crippen molar-refractivity contribution in [1.29, 1.82) is 0 Å². The van der Waals surface area contributed by atoms with Crippen LogP contribution >= 0.6 is 12.4 Å². The fourth-order valence-corrected chi connectivity index (χ4v) is 4.20. The summed E-state index contributed by atoms with van der Waals surface area (Å²) in [6.07, 6.45) is 2.22. The Labute approximate surface area is 159 Å². The Hall–Kier alpha value is -2.05. The van der Waals surface area contributed by atoms with Gasteiger partial charge < -0.3 is 15.4 Å². The van der Waals surface area contributed by atoms with Crippen LogP contribution in [0.4, 0.5) is 0 Å². The van der Waals surface area contributed by atoms with Crippen LogP contribution in [-0.4, -0.2) is 46.8 Å². The number of aryl methyl sites for hydroxylation is 1. The summed E-state index contributed by atoms with van der Waals surface area (Å²) in [4.78, 5) is 14.8. The zero-order chi connectivity index (χ0) is 17.6. The molecule has 2 N–H and O–H groups in total. The predicted octanol–water partition coefficient (Wildman–Crippen LogP) is 2.42. The first-order valence-corrected chi connectivity index (χ1v) is 8.83. The molecule has 1 aliphatic heterocycles. The van der Waals surface area contributed by atoms with Gasteiger partial charge in [0.25, 0.3) is 5.91 Å². The Morgan fingerprint density at radius 3 is 2.62 bits per heavy atom. The number of carbonyl (C=O) groups excluding carboxylic acids is 1. The molecular weight excluding hydrogens is 352 g/mol. The summed E-state index contributed by atoms with van der Waals surface area (Å²) in [5.74, 6) is 1.82. The fraction of sp³-hybridized carbons (Fsp3) is 0.474. The molecule has 140 valence electrons. The molecule has 6 nitrogen and oxygen atoms in total. The smallest absolute Gasteiger partial charge is 0.274 e. The van der Waals surface area contributed by atoms with Crippen LogP contribution in [0.25, 0.3) is 5.69 Å². The number of hydrogen-bond donors (Lipinski definition) is 1. The molecule has 4 rings (SSSR count). The minimum atomic E-state index is 0. The van der Waals surface area contributed by atoms with Gasteiger partial charge in [0.2, 0.25) is 0 Å². The largest absolute Gasteiger partial charge is 0.497 e. The molecule has 3 atom stereocenters. The summed E-state index contributed by atoms with van der Waals surface area (Å²) in [6.45, 7) is 3.54. The number of nitrogens with zero attached hydrogens (tertiary/aromatic N) is 3. The summed E-state index contributed by atoms with van der Waals surface area (Å²) in [5.41, 5.74) is 8.53. The van der Waals surface area contributed by atoms with E-state index >= 15 is 0 Å². The second-order valence-electron chi connectivity index (χ2n) is 7.16. The monoisotopic (exact) mass is 376 g/mol. The van der Waals surface area contributed by atoms with Gasteiger partial charge in [-0.3, -0.25) is 4.79 Å². The number of halogens is 1. The minimum absolute atomic E-state index is 0. The van der Waals surface area contributed by atoms with Crippen LogP contribution < -0.4 is 10.5 Å². The number of carbonyl (C=O) groups is 1. The van der Waals surface area contributed by atoms with Crippen molar-refractivity contribution in [3.63, 3.8) is 0 Å². The lowest BCUT2D eigenvalue weighted by Gasteiger charge is -2.17. The van der Waals surface area contributed by atoms with E-state index < -0.39 is 0 Å².